The molecular weight excluding hydrogens is 308 g/mol. The molecule has 1 aliphatic rings. The van der Waals surface area contributed by atoms with E-state index in [0.29, 0.717) is 5.92 Å². The number of benzene rings is 1. The second-order valence-electron chi connectivity index (χ2n) is 5.59. The number of nitro benzene ring substituents is 1. The van der Waals surface area contributed by atoms with Gasteiger partial charge in [0.15, 0.2) is 12.4 Å². The van der Waals surface area contributed by atoms with E-state index in [2.05, 4.69) is 12.2 Å². The first-order valence-corrected chi connectivity index (χ1v) is 7.71. The van der Waals surface area contributed by atoms with Crippen molar-refractivity contribution in [2.45, 2.75) is 38.6 Å². The van der Waals surface area contributed by atoms with Gasteiger partial charge in [-0.1, -0.05) is 31.4 Å². The number of carbonyl (C=O) groups excluding carboxylic acids is 1. The number of rotatable bonds is 5. The molecule has 120 valence electrons. The van der Waals surface area contributed by atoms with E-state index >= 15 is 0 Å². The summed E-state index contributed by atoms with van der Waals surface area (Å²) in [7, 11) is 0. The Hall–Kier alpha value is -1.82. The first kappa shape index (κ1) is 16.5. The summed E-state index contributed by atoms with van der Waals surface area (Å²) in [5.41, 5.74) is -0.244. The molecule has 6 nitrogen and oxygen atoms in total. The number of nitrogens with one attached hydrogen (secondary N) is 1. The molecule has 1 N–H and O–H groups in total. The second-order valence-corrected chi connectivity index (χ2v) is 6.03. The number of hydrogen-bond donors (Lipinski definition) is 1. The molecule has 1 aliphatic carbocycles. The Kier molecular flexibility index (Phi) is 5.60. The fraction of sp³-hybridized carbons (Fsp3) is 0.533. The quantitative estimate of drug-likeness (QED) is 0.664. The van der Waals surface area contributed by atoms with Gasteiger partial charge in [0, 0.05) is 17.1 Å². The van der Waals surface area contributed by atoms with Crippen molar-refractivity contribution >= 4 is 23.2 Å². The topological polar surface area (TPSA) is 81.5 Å². The van der Waals surface area contributed by atoms with Crippen molar-refractivity contribution in [3.05, 3.63) is 33.3 Å². The first-order chi connectivity index (χ1) is 10.5. The summed E-state index contributed by atoms with van der Waals surface area (Å²) in [5, 5.41) is 14.1. The molecule has 2 unspecified atom stereocenters. The number of nitrogens with zero attached hydrogens (tertiary/aromatic N) is 1. The van der Waals surface area contributed by atoms with Crippen LogP contribution in [0, 0.1) is 16.0 Å². The Morgan fingerprint density at radius 1 is 1.45 bits per heavy atom. The molecule has 2 rings (SSSR count). The Labute approximate surface area is 133 Å². The van der Waals surface area contributed by atoms with Gasteiger partial charge in [0.1, 0.15) is 0 Å². The molecule has 1 saturated carbocycles. The molecule has 2 atom stereocenters. The lowest BCUT2D eigenvalue weighted by molar-refractivity contribution is -0.385. The average molecular weight is 327 g/mol. The van der Waals surface area contributed by atoms with E-state index in [0.717, 1.165) is 19.3 Å². The molecule has 0 aromatic heterocycles. The molecule has 0 saturated heterocycles. The minimum Gasteiger partial charge on any atom is -0.477 e. The summed E-state index contributed by atoms with van der Waals surface area (Å²) in [6.45, 7) is 1.88. The summed E-state index contributed by atoms with van der Waals surface area (Å²) in [6, 6.07) is 4.25. The Balaban J connectivity index is 1.92. The maximum absolute atomic E-state index is 11.9. The van der Waals surface area contributed by atoms with Gasteiger partial charge < -0.3 is 10.1 Å². The van der Waals surface area contributed by atoms with Crippen molar-refractivity contribution in [3.63, 3.8) is 0 Å². The molecule has 0 spiro atoms. The second kappa shape index (κ2) is 7.45. The molecule has 0 radical (unpaired) electrons. The molecule has 0 aliphatic heterocycles. The third kappa shape index (κ3) is 4.34. The van der Waals surface area contributed by atoms with Crippen LogP contribution in [-0.4, -0.2) is 23.5 Å². The van der Waals surface area contributed by atoms with Crippen LogP contribution in [0.1, 0.15) is 32.6 Å². The summed E-state index contributed by atoms with van der Waals surface area (Å²) >= 11 is 5.73. The highest BCUT2D eigenvalue weighted by Crippen LogP contribution is 2.30. The minimum absolute atomic E-state index is 0.0428. The standard InChI is InChI=1S/C15H19ClN2O4/c1-10-4-2-3-5-12(10)17-15(19)9-22-14-7-6-11(16)8-13(14)18(20)21/h6-8,10,12H,2-5,9H2,1H3,(H,17,19). The molecule has 0 bridgehead atoms. The Morgan fingerprint density at radius 3 is 2.86 bits per heavy atom. The first-order valence-electron chi connectivity index (χ1n) is 7.33. The maximum atomic E-state index is 11.9. The Morgan fingerprint density at radius 2 is 2.18 bits per heavy atom. The zero-order valence-electron chi connectivity index (χ0n) is 12.4. The molecule has 1 aromatic rings. The largest absolute Gasteiger partial charge is 0.477 e. The lowest BCUT2D eigenvalue weighted by atomic mass is 9.86. The van der Waals surface area contributed by atoms with E-state index in [9.17, 15) is 14.9 Å². The van der Waals surface area contributed by atoms with Crippen LogP contribution in [0.4, 0.5) is 5.69 Å². The minimum atomic E-state index is -0.581. The molecule has 22 heavy (non-hydrogen) atoms. The zero-order valence-corrected chi connectivity index (χ0v) is 13.1. The van der Waals surface area contributed by atoms with Crippen LogP contribution >= 0.6 is 11.6 Å². The normalized spacial score (nSPS) is 21.2. The predicted octanol–water partition coefficient (Wildman–Crippen LogP) is 3.32. The zero-order chi connectivity index (χ0) is 16.1. The van der Waals surface area contributed by atoms with Crippen molar-refractivity contribution in [2.24, 2.45) is 5.92 Å². The van der Waals surface area contributed by atoms with Crippen molar-refractivity contribution < 1.29 is 14.5 Å². The van der Waals surface area contributed by atoms with E-state index in [1.165, 1.54) is 24.6 Å². The molecule has 7 heteroatoms. The van der Waals surface area contributed by atoms with Crippen LogP contribution in [0.5, 0.6) is 5.75 Å². The summed E-state index contributed by atoms with van der Waals surface area (Å²) < 4.78 is 5.28. The van der Waals surface area contributed by atoms with Gasteiger partial charge in [0.2, 0.25) is 0 Å². The van der Waals surface area contributed by atoms with Crippen molar-refractivity contribution in [3.8, 4) is 5.75 Å². The van der Waals surface area contributed by atoms with Crippen LogP contribution in [0.25, 0.3) is 0 Å². The monoisotopic (exact) mass is 326 g/mol. The van der Waals surface area contributed by atoms with E-state index in [4.69, 9.17) is 16.3 Å². The van der Waals surface area contributed by atoms with Crippen molar-refractivity contribution in [1.82, 2.24) is 5.32 Å². The fourth-order valence-electron chi connectivity index (χ4n) is 2.68. The van der Waals surface area contributed by atoms with Crippen molar-refractivity contribution in [2.75, 3.05) is 6.61 Å². The molecule has 1 fully saturated rings. The number of halogens is 1. The van der Waals surface area contributed by atoms with Gasteiger partial charge in [-0.05, 0) is 30.9 Å². The third-order valence-corrected chi connectivity index (χ3v) is 4.17. The van der Waals surface area contributed by atoms with E-state index in [1.807, 2.05) is 0 Å². The number of amides is 1. The van der Waals surface area contributed by atoms with Crippen molar-refractivity contribution in [1.29, 1.82) is 0 Å². The highest BCUT2D eigenvalue weighted by atomic mass is 35.5. The molecular formula is C15H19ClN2O4. The van der Waals surface area contributed by atoms with Crippen LogP contribution in [0.15, 0.2) is 18.2 Å². The van der Waals surface area contributed by atoms with Gasteiger partial charge >= 0.3 is 5.69 Å². The number of ether oxygens (including phenoxy) is 1. The number of hydrogen-bond acceptors (Lipinski definition) is 4. The number of nitro groups is 1. The number of carbonyl (C=O) groups is 1. The lowest BCUT2D eigenvalue weighted by Crippen LogP contribution is -2.43. The van der Waals surface area contributed by atoms with Crippen LogP contribution in [-0.2, 0) is 4.79 Å². The lowest BCUT2D eigenvalue weighted by Gasteiger charge is -2.29. The van der Waals surface area contributed by atoms with E-state index in [1.54, 1.807) is 0 Å². The average Bonchev–Trinajstić information content (AvgIpc) is 2.48. The third-order valence-electron chi connectivity index (χ3n) is 3.93. The predicted molar refractivity (Wildman–Crippen MR) is 83.2 cm³/mol. The van der Waals surface area contributed by atoms with Crippen LogP contribution < -0.4 is 10.1 Å². The molecule has 1 amide bonds. The van der Waals surface area contributed by atoms with Crippen LogP contribution in [0.2, 0.25) is 5.02 Å². The van der Waals surface area contributed by atoms with E-state index in [-0.39, 0.29) is 35.0 Å². The van der Waals surface area contributed by atoms with Gasteiger partial charge in [0.25, 0.3) is 5.91 Å². The molecule has 0 heterocycles. The van der Waals surface area contributed by atoms with Crippen LogP contribution in [0.3, 0.4) is 0 Å². The summed E-state index contributed by atoms with van der Waals surface area (Å²) in [4.78, 5) is 22.3. The van der Waals surface area contributed by atoms with Gasteiger partial charge in [-0.25, -0.2) is 0 Å². The smallest absolute Gasteiger partial charge is 0.312 e. The van der Waals surface area contributed by atoms with Gasteiger partial charge in [0.05, 0.1) is 4.92 Å². The highest BCUT2D eigenvalue weighted by Gasteiger charge is 2.23. The molecule has 1 aromatic carbocycles. The SMILES string of the molecule is CC1CCCCC1NC(=O)COc1ccc(Cl)cc1[N+](=O)[O-]. The van der Waals surface area contributed by atoms with Gasteiger partial charge in [-0.3, -0.25) is 14.9 Å². The Bertz CT molecular complexity index is 564. The maximum Gasteiger partial charge on any atom is 0.312 e. The van der Waals surface area contributed by atoms with Gasteiger partial charge in [-0.15, -0.1) is 0 Å². The fourth-order valence-corrected chi connectivity index (χ4v) is 2.84. The van der Waals surface area contributed by atoms with E-state index < -0.39 is 4.92 Å². The summed E-state index contributed by atoms with van der Waals surface area (Å²) in [5.74, 6) is 0.229. The highest BCUT2D eigenvalue weighted by molar-refractivity contribution is 6.30. The summed E-state index contributed by atoms with van der Waals surface area (Å²) in [6.07, 6.45) is 4.38. The van der Waals surface area contributed by atoms with Gasteiger partial charge in [-0.2, -0.15) is 0 Å².